The Balaban J connectivity index is 1.96. The number of hydrogen-bond donors (Lipinski definition) is 3. The van der Waals surface area contributed by atoms with Gasteiger partial charge in [0.15, 0.2) is 0 Å². The van der Waals surface area contributed by atoms with Crippen LogP contribution in [0.15, 0.2) is 36.5 Å². The van der Waals surface area contributed by atoms with Gasteiger partial charge in [-0.3, -0.25) is 5.32 Å². The molecule has 7 heteroatoms. The molecule has 2 aromatic rings. The molecule has 23 heavy (non-hydrogen) atoms. The number of amides is 2. The van der Waals surface area contributed by atoms with Crippen LogP contribution < -0.4 is 10.6 Å². The first kappa shape index (κ1) is 17.3. The third kappa shape index (κ3) is 4.46. The quantitative estimate of drug-likeness (QED) is 0.758. The first-order valence-electron chi connectivity index (χ1n) is 7.48. The number of carbonyl (C=O) groups excluding carboxylic acids is 1. The van der Waals surface area contributed by atoms with E-state index in [2.05, 4.69) is 15.7 Å². The van der Waals surface area contributed by atoms with Crippen LogP contribution in [-0.2, 0) is 12.1 Å². The lowest BCUT2D eigenvalue weighted by Gasteiger charge is -2.25. The largest absolute Gasteiger partial charge is 0.384 e. The standard InChI is InChI=1S/C16H21ClN4O2/c1-3-10-21-14(8-9-19-21)20-15(22)18-11-16(2,23)12-6-4-5-7-13(12)17/h4-9,23H,3,10-11H2,1-2H3,(H2,18,20,22)/t16-/m0/s1. The van der Waals surface area contributed by atoms with Crippen molar-refractivity contribution in [3.05, 3.63) is 47.1 Å². The van der Waals surface area contributed by atoms with Gasteiger partial charge in [-0.25, -0.2) is 9.48 Å². The molecule has 0 saturated heterocycles. The van der Waals surface area contributed by atoms with Crippen LogP contribution in [0.5, 0.6) is 0 Å². The lowest BCUT2D eigenvalue weighted by atomic mass is 9.96. The maximum atomic E-state index is 12.0. The van der Waals surface area contributed by atoms with Crippen LogP contribution in [0, 0.1) is 0 Å². The second kappa shape index (κ2) is 7.48. The van der Waals surface area contributed by atoms with Gasteiger partial charge in [-0.15, -0.1) is 0 Å². The molecule has 0 saturated carbocycles. The van der Waals surface area contributed by atoms with E-state index in [1.165, 1.54) is 0 Å². The number of rotatable bonds is 6. The van der Waals surface area contributed by atoms with Crippen molar-refractivity contribution in [3.63, 3.8) is 0 Å². The third-order valence-electron chi connectivity index (χ3n) is 3.44. The Morgan fingerprint density at radius 3 is 2.83 bits per heavy atom. The summed E-state index contributed by atoms with van der Waals surface area (Å²) in [6, 6.07) is 8.33. The average molecular weight is 337 g/mol. The van der Waals surface area contributed by atoms with Crippen LogP contribution in [0.25, 0.3) is 0 Å². The summed E-state index contributed by atoms with van der Waals surface area (Å²) < 4.78 is 1.71. The van der Waals surface area contributed by atoms with Crippen LogP contribution in [0.3, 0.4) is 0 Å². The number of anilines is 1. The van der Waals surface area contributed by atoms with Gasteiger partial charge in [0, 0.05) is 23.2 Å². The van der Waals surface area contributed by atoms with E-state index >= 15 is 0 Å². The van der Waals surface area contributed by atoms with Gasteiger partial charge >= 0.3 is 6.03 Å². The highest BCUT2D eigenvalue weighted by atomic mass is 35.5. The number of nitrogens with one attached hydrogen (secondary N) is 2. The van der Waals surface area contributed by atoms with E-state index in [-0.39, 0.29) is 6.54 Å². The van der Waals surface area contributed by atoms with Crippen LogP contribution in [-0.4, -0.2) is 27.5 Å². The molecule has 1 aromatic carbocycles. The van der Waals surface area contributed by atoms with E-state index in [1.807, 2.05) is 6.92 Å². The van der Waals surface area contributed by atoms with E-state index in [0.717, 1.165) is 13.0 Å². The fraction of sp³-hybridized carbons (Fsp3) is 0.375. The van der Waals surface area contributed by atoms with Gasteiger partial charge in [0.05, 0.1) is 12.7 Å². The van der Waals surface area contributed by atoms with Crippen LogP contribution in [0.1, 0.15) is 25.8 Å². The Morgan fingerprint density at radius 1 is 1.39 bits per heavy atom. The molecule has 0 aliphatic rings. The molecular formula is C16H21ClN4O2. The zero-order valence-electron chi connectivity index (χ0n) is 13.2. The van der Waals surface area contributed by atoms with Gasteiger partial charge in [-0.05, 0) is 19.4 Å². The molecule has 0 aliphatic carbocycles. The summed E-state index contributed by atoms with van der Waals surface area (Å²) in [6.45, 7) is 4.40. The smallest absolute Gasteiger partial charge is 0.320 e. The fourth-order valence-corrected chi connectivity index (χ4v) is 2.57. The summed E-state index contributed by atoms with van der Waals surface area (Å²) in [4.78, 5) is 12.0. The molecule has 0 fully saturated rings. The molecule has 6 nitrogen and oxygen atoms in total. The normalized spacial score (nSPS) is 13.4. The first-order valence-corrected chi connectivity index (χ1v) is 7.86. The number of halogens is 1. The van der Waals surface area contributed by atoms with E-state index in [1.54, 1.807) is 48.1 Å². The molecule has 2 amide bonds. The minimum Gasteiger partial charge on any atom is -0.384 e. The topological polar surface area (TPSA) is 79.2 Å². The number of benzene rings is 1. The van der Waals surface area contributed by atoms with E-state index < -0.39 is 11.6 Å². The highest BCUT2D eigenvalue weighted by Crippen LogP contribution is 2.27. The number of aryl methyl sites for hydroxylation is 1. The predicted molar refractivity (Wildman–Crippen MR) is 90.6 cm³/mol. The maximum Gasteiger partial charge on any atom is 0.320 e. The lowest BCUT2D eigenvalue weighted by Crippen LogP contribution is -2.41. The summed E-state index contributed by atoms with van der Waals surface area (Å²) in [7, 11) is 0. The predicted octanol–water partition coefficient (Wildman–Crippen LogP) is 2.98. The SMILES string of the molecule is CCCn1nccc1NC(=O)NC[C@](C)(O)c1ccccc1Cl. The second-order valence-corrected chi connectivity index (χ2v) is 5.91. The molecule has 0 aliphatic heterocycles. The molecule has 0 spiro atoms. The monoisotopic (exact) mass is 336 g/mol. The van der Waals surface area contributed by atoms with Crippen molar-refractivity contribution in [1.82, 2.24) is 15.1 Å². The summed E-state index contributed by atoms with van der Waals surface area (Å²) >= 11 is 6.09. The molecule has 0 bridgehead atoms. The van der Waals surface area contributed by atoms with Crippen molar-refractivity contribution in [2.24, 2.45) is 0 Å². The Bertz CT molecular complexity index is 670. The van der Waals surface area contributed by atoms with Crippen LogP contribution in [0.4, 0.5) is 10.6 Å². The number of urea groups is 1. The Morgan fingerprint density at radius 2 is 2.13 bits per heavy atom. The summed E-state index contributed by atoms with van der Waals surface area (Å²) in [5.74, 6) is 0.613. The van der Waals surface area contributed by atoms with E-state index in [9.17, 15) is 9.90 Å². The molecule has 124 valence electrons. The number of aromatic nitrogens is 2. The van der Waals surface area contributed by atoms with Crippen molar-refractivity contribution >= 4 is 23.4 Å². The molecule has 3 N–H and O–H groups in total. The molecule has 1 atom stereocenters. The Labute approximate surface area is 140 Å². The zero-order valence-corrected chi connectivity index (χ0v) is 14.0. The number of aliphatic hydroxyl groups is 1. The molecule has 2 rings (SSSR count). The third-order valence-corrected chi connectivity index (χ3v) is 3.77. The van der Waals surface area contributed by atoms with Gasteiger partial charge in [-0.2, -0.15) is 5.10 Å². The Kier molecular flexibility index (Phi) is 5.63. The molecule has 0 unspecified atom stereocenters. The highest BCUT2D eigenvalue weighted by Gasteiger charge is 2.26. The van der Waals surface area contributed by atoms with Crippen molar-refractivity contribution in [3.8, 4) is 0 Å². The molecule has 1 heterocycles. The van der Waals surface area contributed by atoms with Crippen molar-refractivity contribution < 1.29 is 9.90 Å². The minimum atomic E-state index is -1.26. The Hall–Kier alpha value is -2.05. The number of carbonyl (C=O) groups is 1. The van der Waals surface area contributed by atoms with Crippen molar-refractivity contribution in [1.29, 1.82) is 0 Å². The first-order chi connectivity index (χ1) is 10.9. The summed E-state index contributed by atoms with van der Waals surface area (Å²) in [5.41, 5.74) is -0.697. The molecular weight excluding hydrogens is 316 g/mol. The summed E-state index contributed by atoms with van der Waals surface area (Å²) in [6.07, 6.45) is 2.55. The van der Waals surface area contributed by atoms with Gasteiger partial charge in [0.2, 0.25) is 0 Å². The van der Waals surface area contributed by atoms with Gasteiger partial charge < -0.3 is 10.4 Å². The molecule has 1 aromatic heterocycles. The van der Waals surface area contributed by atoms with Gasteiger partial charge in [0.25, 0.3) is 0 Å². The summed E-state index contributed by atoms with van der Waals surface area (Å²) in [5, 5.41) is 20.5. The number of nitrogens with zero attached hydrogens (tertiary/aromatic N) is 2. The van der Waals surface area contributed by atoms with Gasteiger partial charge in [0.1, 0.15) is 11.4 Å². The van der Waals surface area contributed by atoms with E-state index in [4.69, 9.17) is 11.6 Å². The van der Waals surface area contributed by atoms with Crippen molar-refractivity contribution in [2.45, 2.75) is 32.4 Å². The minimum absolute atomic E-state index is 0.0322. The molecule has 0 radical (unpaired) electrons. The van der Waals surface area contributed by atoms with E-state index in [0.29, 0.717) is 16.4 Å². The number of hydrogen-bond acceptors (Lipinski definition) is 3. The van der Waals surface area contributed by atoms with Crippen molar-refractivity contribution in [2.75, 3.05) is 11.9 Å². The maximum absolute atomic E-state index is 12.0. The fourth-order valence-electron chi connectivity index (χ4n) is 2.23. The van der Waals surface area contributed by atoms with Crippen LogP contribution >= 0.6 is 11.6 Å². The second-order valence-electron chi connectivity index (χ2n) is 5.50. The highest BCUT2D eigenvalue weighted by molar-refractivity contribution is 6.31. The van der Waals surface area contributed by atoms with Crippen LogP contribution in [0.2, 0.25) is 5.02 Å². The zero-order chi connectivity index (χ0) is 16.9. The van der Waals surface area contributed by atoms with Gasteiger partial charge in [-0.1, -0.05) is 36.7 Å². The lowest BCUT2D eigenvalue weighted by molar-refractivity contribution is 0.0600. The average Bonchev–Trinajstić information content (AvgIpc) is 2.93.